The van der Waals surface area contributed by atoms with Gasteiger partial charge in [0.15, 0.2) is 32.5 Å². The molecule has 0 aromatic heterocycles. The van der Waals surface area contributed by atoms with E-state index in [2.05, 4.69) is 75.4 Å². The van der Waals surface area contributed by atoms with Gasteiger partial charge in [0.1, 0.15) is 23.4 Å². The number of cyclic esters (lactones) is 2. The van der Waals surface area contributed by atoms with Crippen LogP contribution in [0.5, 0.6) is 0 Å². The Morgan fingerprint density at radius 3 is 1.25 bits per heavy atom. The van der Waals surface area contributed by atoms with Gasteiger partial charge >= 0.3 is 11.9 Å². The molecule has 0 aliphatic carbocycles. The van der Waals surface area contributed by atoms with Crippen LogP contribution >= 0.6 is 0 Å². The number of aliphatic hydroxyl groups is 5. The number of carbonyl (C=O) groups is 4. The summed E-state index contributed by atoms with van der Waals surface area (Å²) in [6.07, 6.45) is -0.0833. The zero-order chi connectivity index (χ0) is 64.0. The highest BCUT2D eigenvalue weighted by molar-refractivity contribution is 6.74. The number of aliphatic hydroxyl groups excluding tert-OH is 3. The third-order valence-corrected chi connectivity index (χ3v) is 24.5. The monoisotopic (exact) mass is 1190 g/mol. The Bertz CT molecular complexity index is 2200. The largest absolute Gasteiger partial charge is 0.459 e. The van der Waals surface area contributed by atoms with E-state index in [9.17, 15) is 44.7 Å². The highest BCUT2D eigenvalue weighted by Gasteiger charge is 2.50. The fourth-order valence-corrected chi connectivity index (χ4v) is 14.3. The molecule has 22 atom stereocenters. The maximum atomic E-state index is 13.9. The Kier molecular flexibility index (Phi) is 26.8. The summed E-state index contributed by atoms with van der Waals surface area (Å²) in [6, 6.07) is 0. The summed E-state index contributed by atoms with van der Waals surface area (Å²) in [5.74, 6) is -4.15. The van der Waals surface area contributed by atoms with E-state index in [0.29, 0.717) is 42.2 Å². The quantitative estimate of drug-likeness (QED) is 0.101. The molecule has 482 valence electrons. The molecule has 4 aliphatic rings. The SMILES string of the molecule is CC[C@H]1OC(=O)[C@H](C)[C@@H](O)[C@H](C)[C@@H](O[C@@H]2O[C@H](C)C[C@H](C)[C@H]2C)C(C)(C)C[C@@H](C)C(=O)/C(C)=C/[C@@]1(O)CO.CC[C@H]1OC(=O)[C@H](C)[C@@H](O)[C@H](C)[C@@H](O[C@@H]2O[C@H](C)C[C@H](C)[C@H]2C)C(C)(C)C[C@@H](C)C(=O)/C(C)=C/[C@@]1(O)CO[Si](C)(C)C(C)(C)C. The molecule has 2 saturated heterocycles. The average molecular weight is 1200 g/mol. The lowest BCUT2D eigenvalue weighted by atomic mass is 9.70. The highest BCUT2D eigenvalue weighted by atomic mass is 28.4. The summed E-state index contributed by atoms with van der Waals surface area (Å²) in [7, 11) is -2.30. The van der Waals surface area contributed by atoms with Gasteiger partial charge < -0.3 is 58.4 Å². The second kappa shape index (κ2) is 29.7. The average Bonchev–Trinajstić information content (AvgIpc) is 3.50. The van der Waals surface area contributed by atoms with Gasteiger partial charge in [-0.1, -0.05) is 118 Å². The van der Waals surface area contributed by atoms with Gasteiger partial charge in [0.2, 0.25) is 0 Å². The van der Waals surface area contributed by atoms with E-state index < -0.39 is 134 Å². The molecule has 83 heavy (non-hydrogen) atoms. The topological polar surface area (TPSA) is 234 Å². The lowest BCUT2D eigenvalue weighted by molar-refractivity contribution is -0.274. The van der Waals surface area contributed by atoms with Crippen molar-refractivity contribution < 1.29 is 77.6 Å². The Morgan fingerprint density at radius 1 is 0.590 bits per heavy atom. The molecule has 0 amide bonds. The molecule has 4 rings (SSSR count). The Labute approximate surface area is 502 Å². The van der Waals surface area contributed by atoms with Crippen molar-refractivity contribution in [2.45, 2.75) is 289 Å². The normalized spacial score (nSPS) is 42.7. The van der Waals surface area contributed by atoms with Crippen LogP contribution in [0.4, 0.5) is 0 Å². The molecule has 4 heterocycles. The number of allylic oxidation sites excluding steroid dienone is 2. The predicted molar refractivity (Wildman–Crippen MR) is 326 cm³/mol. The summed E-state index contributed by atoms with van der Waals surface area (Å²) in [6.45, 7) is 48.1. The van der Waals surface area contributed by atoms with Crippen molar-refractivity contribution in [2.24, 2.45) is 70.0 Å². The lowest BCUT2D eigenvalue weighted by Crippen LogP contribution is -2.53. The molecular weight excluding hydrogens is 1080 g/mol. The highest BCUT2D eigenvalue weighted by Crippen LogP contribution is 2.45. The number of hydrogen-bond acceptors (Lipinski definition) is 16. The van der Waals surface area contributed by atoms with Crippen LogP contribution in [0.2, 0.25) is 18.1 Å². The van der Waals surface area contributed by atoms with E-state index >= 15 is 0 Å². The van der Waals surface area contributed by atoms with Gasteiger partial charge in [-0.2, -0.15) is 0 Å². The molecule has 0 radical (unpaired) electrons. The number of esters is 2. The smallest absolute Gasteiger partial charge is 0.311 e. The summed E-state index contributed by atoms with van der Waals surface area (Å²) in [4.78, 5) is 54.2. The molecule has 16 nitrogen and oxygen atoms in total. The number of rotatable bonds is 10. The molecule has 0 bridgehead atoms. The second-order valence-corrected chi connectivity index (χ2v) is 34.4. The van der Waals surface area contributed by atoms with Crippen molar-refractivity contribution in [3.63, 3.8) is 0 Å². The Morgan fingerprint density at radius 2 is 0.928 bits per heavy atom. The van der Waals surface area contributed by atoms with Gasteiger partial charge in [-0.15, -0.1) is 0 Å². The minimum atomic E-state index is -2.30. The van der Waals surface area contributed by atoms with Crippen LogP contribution in [0, 0.1) is 70.0 Å². The van der Waals surface area contributed by atoms with Crippen LogP contribution in [0.15, 0.2) is 23.3 Å². The molecule has 0 aromatic rings. The van der Waals surface area contributed by atoms with Gasteiger partial charge in [0.05, 0.1) is 61.7 Å². The number of carbonyl (C=O) groups excluding carboxylic acids is 4. The standard InChI is InChI=1S/C36H66O8Si.C30H52O8/c1-16-28-36(40,20-41-45(14,15)34(9,10)11)19-23(4)29(37)22(3)18-35(12,13)31(26(7)30(38)27(8)32(39)43-28)44-33-25(6)21(2)17-24(5)42-33;1-11-23-30(35,15-31)14-18(4)24(32)17(3)13-29(9,10)26(21(7)25(33)22(8)27(34)37-23)38-28-20(6)16(2)12-19(5)36-28/h19,21-22,24-28,30-31,33,38,40H,16-18,20H2,1-15H3;14,16-17,19-23,25-26,28,31,33,35H,11-13,15H2,1-10H3/b23-19+;18-14+/t21-,22+,24+,25+,26-,27+,28+,30-,31+,33-,36+;16-,17+,19+,20+,21-,22+,23+,25-,26+,28-,30+/m00/s1. The van der Waals surface area contributed by atoms with Crippen LogP contribution in [0.25, 0.3) is 0 Å². The fourth-order valence-electron chi connectivity index (χ4n) is 13.2. The summed E-state index contributed by atoms with van der Waals surface area (Å²) < 4.78 is 44.1. The van der Waals surface area contributed by atoms with Crippen LogP contribution in [-0.4, -0.2) is 143 Å². The molecule has 2 fully saturated rings. The molecule has 0 aromatic carbocycles. The van der Waals surface area contributed by atoms with Crippen molar-refractivity contribution in [1.29, 1.82) is 0 Å². The van der Waals surface area contributed by atoms with Crippen molar-refractivity contribution in [1.82, 2.24) is 0 Å². The first-order valence-electron chi connectivity index (χ1n) is 31.4. The van der Waals surface area contributed by atoms with E-state index in [1.54, 1.807) is 34.6 Å². The van der Waals surface area contributed by atoms with Crippen LogP contribution in [0.1, 0.15) is 198 Å². The number of Topliss-reactive ketones (excluding diaryl/α,β-unsaturated/α-hetero) is 2. The maximum absolute atomic E-state index is 13.9. The van der Waals surface area contributed by atoms with Gasteiger partial charge in [-0.05, 0) is 144 Å². The predicted octanol–water partition coefficient (Wildman–Crippen LogP) is 11.1. The van der Waals surface area contributed by atoms with E-state index in [1.165, 1.54) is 12.2 Å². The summed E-state index contributed by atoms with van der Waals surface area (Å²) in [5, 5.41) is 56.4. The van der Waals surface area contributed by atoms with E-state index in [1.807, 2.05) is 62.3 Å². The number of ether oxygens (including phenoxy) is 6. The van der Waals surface area contributed by atoms with E-state index in [0.717, 1.165) is 12.8 Å². The molecule has 5 N–H and O–H groups in total. The molecule has 0 spiro atoms. The molecule has 4 aliphatic heterocycles. The first-order chi connectivity index (χ1) is 37.9. The fraction of sp³-hybridized carbons (Fsp3) is 0.879. The summed E-state index contributed by atoms with van der Waals surface area (Å²) >= 11 is 0. The van der Waals surface area contributed by atoms with Crippen LogP contribution < -0.4 is 0 Å². The lowest BCUT2D eigenvalue weighted by Gasteiger charge is -2.46. The minimum absolute atomic E-state index is 0.0338. The van der Waals surface area contributed by atoms with Gasteiger partial charge in [-0.25, -0.2) is 0 Å². The third-order valence-electron chi connectivity index (χ3n) is 20.1. The molecular formula is C66H118O16Si. The number of ketones is 2. The Hall–Kier alpha value is -2.42. The molecule has 17 heteroatoms. The van der Waals surface area contributed by atoms with E-state index in [-0.39, 0.29) is 53.7 Å². The summed E-state index contributed by atoms with van der Waals surface area (Å²) in [5.41, 5.74) is -4.13. The van der Waals surface area contributed by atoms with Crippen molar-refractivity contribution in [3.8, 4) is 0 Å². The molecule has 0 saturated carbocycles. The van der Waals surface area contributed by atoms with Crippen molar-refractivity contribution >= 4 is 31.8 Å². The van der Waals surface area contributed by atoms with Crippen molar-refractivity contribution in [2.75, 3.05) is 13.2 Å². The first kappa shape index (κ1) is 74.8. The minimum Gasteiger partial charge on any atom is -0.459 e. The zero-order valence-electron chi connectivity index (χ0n) is 56.1. The third kappa shape index (κ3) is 18.6. The van der Waals surface area contributed by atoms with Gasteiger partial charge in [0.25, 0.3) is 0 Å². The first-order valence-corrected chi connectivity index (χ1v) is 34.3. The second-order valence-electron chi connectivity index (χ2n) is 29.6. The zero-order valence-corrected chi connectivity index (χ0v) is 57.1. The van der Waals surface area contributed by atoms with Crippen LogP contribution in [0.3, 0.4) is 0 Å². The van der Waals surface area contributed by atoms with Crippen molar-refractivity contribution in [3.05, 3.63) is 23.3 Å². The Balaban J connectivity index is 0.000000441. The van der Waals surface area contributed by atoms with E-state index in [4.69, 9.17) is 32.8 Å². The maximum Gasteiger partial charge on any atom is 0.311 e. The molecule has 0 unspecified atom stereocenters. The van der Waals surface area contributed by atoms with Gasteiger partial charge in [-0.3, -0.25) is 19.2 Å². The van der Waals surface area contributed by atoms with Gasteiger partial charge in [0, 0.05) is 35.5 Å². The number of hydrogen-bond donors (Lipinski definition) is 5. The van der Waals surface area contributed by atoms with Crippen LogP contribution in [-0.2, 0) is 52.0 Å².